The number of thioether (sulfide) groups is 1. The third-order valence-corrected chi connectivity index (χ3v) is 4.90. The molecule has 0 aliphatic rings. The Bertz CT molecular complexity index is 719. The number of ether oxygens (including phenoxy) is 1. The van der Waals surface area contributed by atoms with E-state index in [4.69, 9.17) is 4.74 Å². The Hall–Kier alpha value is -2.09. The highest BCUT2D eigenvalue weighted by Gasteiger charge is 2.16. The summed E-state index contributed by atoms with van der Waals surface area (Å²) >= 11 is 1.31. The SMILES string of the molecule is CCCCC[C@H](C)NC(=O)CSc1nnnn1-c1cc(C)ccc1OC. The number of methoxy groups -OCH3 is 1. The number of hydrogen-bond donors (Lipinski definition) is 1. The number of aromatic nitrogens is 4. The van der Waals surface area contributed by atoms with Gasteiger partial charge in [0.2, 0.25) is 11.1 Å². The summed E-state index contributed by atoms with van der Waals surface area (Å²) in [5, 5.41) is 15.4. The number of carbonyl (C=O) groups is 1. The van der Waals surface area contributed by atoms with E-state index in [2.05, 4.69) is 27.8 Å². The number of nitrogens with zero attached hydrogens (tertiary/aromatic N) is 4. The van der Waals surface area contributed by atoms with Gasteiger partial charge in [-0.3, -0.25) is 4.79 Å². The van der Waals surface area contributed by atoms with E-state index >= 15 is 0 Å². The number of aryl methyl sites for hydroxylation is 1. The van der Waals surface area contributed by atoms with E-state index in [1.807, 2.05) is 32.0 Å². The van der Waals surface area contributed by atoms with Gasteiger partial charge in [0, 0.05) is 6.04 Å². The number of unbranched alkanes of at least 4 members (excludes halogenated alkanes) is 2. The smallest absolute Gasteiger partial charge is 0.230 e. The number of benzene rings is 1. The number of carbonyl (C=O) groups excluding carboxylic acids is 1. The molecule has 1 heterocycles. The first kappa shape index (κ1) is 20.2. The topological polar surface area (TPSA) is 81.9 Å². The summed E-state index contributed by atoms with van der Waals surface area (Å²) in [7, 11) is 1.61. The van der Waals surface area contributed by atoms with Crippen molar-refractivity contribution in [1.29, 1.82) is 0 Å². The zero-order chi connectivity index (χ0) is 18.9. The minimum absolute atomic E-state index is 0.00949. The van der Waals surface area contributed by atoms with Crippen LogP contribution < -0.4 is 10.1 Å². The zero-order valence-electron chi connectivity index (χ0n) is 15.9. The molecule has 1 aromatic heterocycles. The van der Waals surface area contributed by atoms with Gasteiger partial charge in [-0.1, -0.05) is 44.0 Å². The van der Waals surface area contributed by atoms with Gasteiger partial charge in [0.05, 0.1) is 12.9 Å². The number of nitrogens with one attached hydrogen (secondary N) is 1. The van der Waals surface area contributed by atoms with Gasteiger partial charge in [-0.2, -0.15) is 4.68 Å². The molecule has 142 valence electrons. The second-order valence-corrected chi connectivity index (χ2v) is 7.24. The van der Waals surface area contributed by atoms with Crippen molar-refractivity contribution in [1.82, 2.24) is 25.5 Å². The Morgan fingerprint density at radius 2 is 2.19 bits per heavy atom. The second-order valence-electron chi connectivity index (χ2n) is 6.30. The van der Waals surface area contributed by atoms with E-state index in [-0.39, 0.29) is 17.7 Å². The molecule has 0 saturated heterocycles. The van der Waals surface area contributed by atoms with Crippen molar-refractivity contribution in [3.63, 3.8) is 0 Å². The van der Waals surface area contributed by atoms with Crippen molar-refractivity contribution in [2.45, 2.75) is 57.7 Å². The Balaban J connectivity index is 1.97. The van der Waals surface area contributed by atoms with Gasteiger partial charge in [0.15, 0.2) is 0 Å². The molecule has 0 aliphatic carbocycles. The average molecular weight is 378 g/mol. The normalized spacial score (nSPS) is 12.0. The summed E-state index contributed by atoms with van der Waals surface area (Å²) < 4.78 is 7.00. The molecule has 1 atom stereocenters. The lowest BCUT2D eigenvalue weighted by molar-refractivity contribution is -0.119. The van der Waals surface area contributed by atoms with E-state index in [0.29, 0.717) is 10.9 Å². The lowest BCUT2D eigenvalue weighted by atomic mass is 10.1. The summed E-state index contributed by atoms with van der Waals surface area (Å²) in [5.41, 5.74) is 1.83. The van der Waals surface area contributed by atoms with E-state index in [1.165, 1.54) is 24.6 Å². The van der Waals surface area contributed by atoms with Gasteiger partial charge in [-0.15, -0.1) is 5.10 Å². The van der Waals surface area contributed by atoms with Gasteiger partial charge in [0.25, 0.3) is 0 Å². The van der Waals surface area contributed by atoms with Crippen LogP contribution in [0.2, 0.25) is 0 Å². The Morgan fingerprint density at radius 1 is 1.38 bits per heavy atom. The van der Waals surface area contributed by atoms with Crippen molar-refractivity contribution in [2.75, 3.05) is 12.9 Å². The van der Waals surface area contributed by atoms with E-state index in [9.17, 15) is 4.79 Å². The van der Waals surface area contributed by atoms with Gasteiger partial charge >= 0.3 is 0 Å². The summed E-state index contributed by atoms with van der Waals surface area (Å²) in [5.74, 6) is 0.940. The molecule has 26 heavy (non-hydrogen) atoms. The maximum Gasteiger partial charge on any atom is 0.230 e. The molecule has 0 fully saturated rings. The quantitative estimate of drug-likeness (QED) is 0.506. The maximum atomic E-state index is 12.2. The Morgan fingerprint density at radius 3 is 2.92 bits per heavy atom. The molecule has 0 unspecified atom stereocenters. The molecule has 1 aromatic carbocycles. The number of hydrogen-bond acceptors (Lipinski definition) is 6. The average Bonchev–Trinajstić information content (AvgIpc) is 3.08. The van der Waals surface area contributed by atoms with Gasteiger partial charge < -0.3 is 10.1 Å². The monoisotopic (exact) mass is 377 g/mol. The highest BCUT2D eigenvalue weighted by atomic mass is 32.2. The van der Waals surface area contributed by atoms with Crippen LogP contribution in [0, 0.1) is 6.92 Å². The van der Waals surface area contributed by atoms with Crippen LogP contribution in [0.4, 0.5) is 0 Å². The fraction of sp³-hybridized carbons (Fsp3) is 0.556. The van der Waals surface area contributed by atoms with Crippen molar-refractivity contribution in [3.05, 3.63) is 23.8 Å². The lowest BCUT2D eigenvalue weighted by Crippen LogP contribution is -2.33. The van der Waals surface area contributed by atoms with Crippen LogP contribution in [0.25, 0.3) is 5.69 Å². The zero-order valence-corrected chi connectivity index (χ0v) is 16.7. The second kappa shape index (κ2) is 10.2. The van der Waals surface area contributed by atoms with Crippen LogP contribution in [0.1, 0.15) is 45.1 Å². The molecule has 0 spiro atoms. The molecule has 8 heteroatoms. The van der Waals surface area contributed by atoms with Crippen molar-refractivity contribution in [3.8, 4) is 11.4 Å². The summed E-state index contributed by atoms with van der Waals surface area (Å²) in [6, 6.07) is 5.98. The Kier molecular flexibility index (Phi) is 7.90. The minimum Gasteiger partial charge on any atom is -0.494 e. The lowest BCUT2D eigenvalue weighted by Gasteiger charge is -2.13. The maximum absolute atomic E-state index is 12.2. The molecule has 0 aliphatic heterocycles. The molecule has 1 N–H and O–H groups in total. The molecule has 2 rings (SSSR count). The van der Waals surface area contributed by atoms with Crippen LogP contribution in [0.3, 0.4) is 0 Å². The van der Waals surface area contributed by atoms with Crippen molar-refractivity contribution >= 4 is 17.7 Å². The molecule has 1 amide bonds. The summed E-state index contributed by atoms with van der Waals surface area (Å²) in [4.78, 5) is 12.2. The number of rotatable bonds is 10. The van der Waals surface area contributed by atoms with Crippen LogP contribution in [0.5, 0.6) is 5.75 Å². The largest absolute Gasteiger partial charge is 0.494 e. The third-order valence-electron chi connectivity index (χ3n) is 3.98. The standard InChI is InChI=1S/C18H27N5O2S/c1-5-6-7-8-14(3)19-17(24)12-26-18-20-21-22-23(18)15-11-13(2)9-10-16(15)25-4/h9-11,14H,5-8,12H2,1-4H3,(H,19,24)/t14-/m0/s1. The van der Waals surface area contributed by atoms with Crippen LogP contribution in [-0.2, 0) is 4.79 Å². The first-order valence-corrected chi connectivity index (χ1v) is 9.89. The van der Waals surface area contributed by atoms with Crippen LogP contribution >= 0.6 is 11.8 Å². The predicted molar refractivity (Wildman–Crippen MR) is 103 cm³/mol. The molecule has 0 bridgehead atoms. The number of amides is 1. The van der Waals surface area contributed by atoms with Gasteiger partial charge in [-0.05, 0) is 48.4 Å². The van der Waals surface area contributed by atoms with E-state index in [0.717, 1.165) is 24.1 Å². The van der Waals surface area contributed by atoms with Crippen LogP contribution in [-0.4, -0.2) is 45.0 Å². The molecule has 7 nitrogen and oxygen atoms in total. The first-order valence-electron chi connectivity index (χ1n) is 8.90. The third kappa shape index (κ3) is 5.72. The predicted octanol–water partition coefficient (Wildman–Crippen LogP) is 3.16. The van der Waals surface area contributed by atoms with Gasteiger partial charge in [-0.25, -0.2) is 0 Å². The van der Waals surface area contributed by atoms with Crippen molar-refractivity contribution < 1.29 is 9.53 Å². The molecule has 0 saturated carbocycles. The van der Waals surface area contributed by atoms with Gasteiger partial charge in [0.1, 0.15) is 11.4 Å². The van der Waals surface area contributed by atoms with E-state index < -0.39 is 0 Å². The molecular formula is C18H27N5O2S. The summed E-state index contributed by atoms with van der Waals surface area (Å²) in [6.45, 7) is 6.21. The van der Waals surface area contributed by atoms with Crippen molar-refractivity contribution in [2.24, 2.45) is 0 Å². The first-order chi connectivity index (χ1) is 12.5. The highest BCUT2D eigenvalue weighted by Crippen LogP contribution is 2.26. The summed E-state index contributed by atoms with van der Waals surface area (Å²) in [6.07, 6.45) is 4.52. The minimum atomic E-state index is -0.00949. The fourth-order valence-corrected chi connectivity index (χ4v) is 3.30. The highest BCUT2D eigenvalue weighted by molar-refractivity contribution is 7.99. The fourth-order valence-electron chi connectivity index (χ4n) is 2.60. The molecule has 0 radical (unpaired) electrons. The van der Waals surface area contributed by atoms with Crippen LogP contribution in [0.15, 0.2) is 23.4 Å². The Labute approximate surface area is 158 Å². The molecular weight excluding hydrogens is 350 g/mol. The molecule has 2 aromatic rings. The number of tetrazole rings is 1. The van der Waals surface area contributed by atoms with E-state index in [1.54, 1.807) is 11.8 Å².